The predicted molar refractivity (Wildman–Crippen MR) is 130 cm³/mol. The molecule has 33 heavy (non-hydrogen) atoms. The average Bonchev–Trinajstić information content (AvgIpc) is 3.27. The van der Waals surface area contributed by atoms with Crippen molar-refractivity contribution >= 4 is 34.6 Å². The Balaban J connectivity index is 1.41. The molecule has 0 radical (unpaired) electrons. The minimum Gasteiger partial charge on any atom is -0.466 e. The Kier molecular flexibility index (Phi) is 7.21. The molecule has 0 amide bonds. The number of rotatable bonds is 9. The summed E-state index contributed by atoms with van der Waals surface area (Å²) in [5.41, 5.74) is 5.38. The normalized spacial score (nSPS) is 10.6. The van der Waals surface area contributed by atoms with E-state index in [0.29, 0.717) is 19.1 Å². The van der Waals surface area contributed by atoms with E-state index >= 15 is 0 Å². The molecule has 0 spiro atoms. The molecule has 0 aliphatic rings. The van der Waals surface area contributed by atoms with Gasteiger partial charge in [-0.25, -0.2) is 15.0 Å². The smallest absolute Gasteiger partial charge is 0.311 e. The summed E-state index contributed by atoms with van der Waals surface area (Å²) in [6.07, 6.45) is 5.43. The van der Waals surface area contributed by atoms with Crippen molar-refractivity contribution < 1.29 is 9.53 Å². The number of carbonyl (C=O) groups excluding carboxylic acids is 1. The molecule has 0 unspecified atom stereocenters. The Labute approximate surface area is 196 Å². The Morgan fingerprint density at radius 3 is 2.88 bits per heavy atom. The molecule has 0 atom stereocenters. The van der Waals surface area contributed by atoms with Crippen LogP contribution < -0.4 is 10.6 Å². The van der Waals surface area contributed by atoms with Crippen molar-refractivity contribution in [3.63, 3.8) is 0 Å². The number of nitrogens with one attached hydrogen (secondary N) is 2. The van der Waals surface area contributed by atoms with Gasteiger partial charge in [0.05, 0.1) is 31.0 Å². The Morgan fingerprint density at radius 1 is 1.15 bits per heavy atom. The van der Waals surface area contributed by atoms with E-state index in [1.165, 1.54) is 11.3 Å². The Bertz CT molecular complexity index is 1230. The first-order valence-corrected chi connectivity index (χ1v) is 11.4. The highest BCUT2D eigenvalue weighted by Crippen LogP contribution is 2.25. The van der Waals surface area contributed by atoms with Crippen LogP contribution in [0.25, 0.3) is 11.3 Å². The molecule has 9 heteroatoms. The molecule has 0 fully saturated rings. The third-order valence-corrected chi connectivity index (χ3v) is 5.67. The van der Waals surface area contributed by atoms with Gasteiger partial charge in [0.2, 0.25) is 5.95 Å². The number of anilines is 3. The number of hydrogen-bond acceptors (Lipinski definition) is 9. The van der Waals surface area contributed by atoms with Crippen LogP contribution >= 0.6 is 11.3 Å². The molecule has 0 bridgehead atoms. The van der Waals surface area contributed by atoms with Crippen LogP contribution in [0.4, 0.5) is 17.3 Å². The van der Waals surface area contributed by atoms with E-state index in [1.54, 1.807) is 25.5 Å². The predicted octanol–water partition coefficient (Wildman–Crippen LogP) is 4.76. The second-order valence-corrected chi connectivity index (χ2v) is 8.17. The maximum atomic E-state index is 11.6. The summed E-state index contributed by atoms with van der Waals surface area (Å²) in [5, 5.41) is 9.49. The molecule has 0 aliphatic heterocycles. The third-order valence-electron chi connectivity index (χ3n) is 4.77. The summed E-state index contributed by atoms with van der Waals surface area (Å²) in [6, 6.07) is 11.8. The van der Waals surface area contributed by atoms with Gasteiger partial charge in [0.25, 0.3) is 0 Å². The first kappa shape index (κ1) is 22.3. The largest absolute Gasteiger partial charge is 0.466 e. The number of aromatic nitrogens is 4. The van der Waals surface area contributed by atoms with Crippen molar-refractivity contribution in [1.82, 2.24) is 19.9 Å². The number of nitrogens with zero attached hydrogens (tertiary/aromatic N) is 4. The number of benzene rings is 1. The minimum atomic E-state index is -0.258. The van der Waals surface area contributed by atoms with Crippen LogP contribution in [0.15, 0.2) is 60.4 Å². The summed E-state index contributed by atoms with van der Waals surface area (Å²) in [5.74, 6) is 0.256. The molecule has 4 rings (SSSR count). The highest BCUT2D eigenvalue weighted by Gasteiger charge is 2.09. The Hall–Kier alpha value is -3.85. The van der Waals surface area contributed by atoms with Crippen molar-refractivity contribution in [2.45, 2.75) is 26.8 Å². The lowest BCUT2D eigenvalue weighted by molar-refractivity contribution is -0.142. The van der Waals surface area contributed by atoms with Gasteiger partial charge in [-0.2, -0.15) is 0 Å². The number of thiazole rings is 1. The van der Waals surface area contributed by atoms with Gasteiger partial charge < -0.3 is 15.4 Å². The van der Waals surface area contributed by atoms with Crippen LogP contribution in [0.5, 0.6) is 0 Å². The van der Waals surface area contributed by atoms with Crippen molar-refractivity contribution in [3.05, 3.63) is 76.6 Å². The van der Waals surface area contributed by atoms with E-state index in [9.17, 15) is 4.79 Å². The van der Waals surface area contributed by atoms with Crippen LogP contribution in [-0.2, 0) is 22.5 Å². The SMILES string of the molecule is CCOC(=O)Cc1csc(CNc2ccc(C)c(Nc3nccc(-c4cccnc4)n3)c2)n1. The number of aryl methyl sites for hydroxylation is 1. The van der Waals surface area contributed by atoms with Crippen molar-refractivity contribution in [2.24, 2.45) is 0 Å². The van der Waals surface area contributed by atoms with E-state index in [-0.39, 0.29) is 12.4 Å². The molecule has 4 aromatic rings. The van der Waals surface area contributed by atoms with Crippen molar-refractivity contribution in [1.29, 1.82) is 0 Å². The van der Waals surface area contributed by atoms with Gasteiger partial charge >= 0.3 is 5.97 Å². The van der Waals surface area contributed by atoms with E-state index in [2.05, 4.69) is 30.6 Å². The van der Waals surface area contributed by atoms with Crippen LogP contribution in [0.1, 0.15) is 23.2 Å². The molecule has 3 aromatic heterocycles. The number of ether oxygens (including phenoxy) is 1. The highest BCUT2D eigenvalue weighted by molar-refractivity contribution is 7.09. The zero-order valence-electron chi connectivity index (χ0n) is 18.4. The molecule has 2 N–H and O–H groups in total. The first-order chi connectivity index (χ1) is 16.1. The van der Waals surface area contributed by atoms with Gasteiger partial charge in [0.1, 0.15) is 5.01 Å². The zero-order valence-corrected chi connectivity index (χ0v) is 19.2. The number of hydrogen-bond donors (Lipinski definition) is 2. The monoisotopic (exact) mass is 460 g/mol. The van der Waals surface area contributed by atoms with Gasteiger partial charge in [0.15, 0.2) is 0 Å². The molecule has 0 saturated carbocycles. The maximum absolute atomic E-state index is 11.6. The van der Waals surface area contributed by atoms with E-state index in [0.717, 1.165) is 38.9 Å². The van der Waals surface area contributed by atoms with Gasteiger partial charge in [0, 0.05) is 40.9 Å². The van der Waals surface area contributed by atoms with Gasteiger partial charge in [-0.05, 0) is 49.7 Å². The van der Waals surface area contributed by atoms with Crippen LogP contribution in [0.3, 0.4) is 0 Å². The lowest BCUT2D eigenvalue weighted by Gasteiger charge is -2.12. The third kappa shape index (κ3) is 6.11. The summed E-state index contributed by atoms with van der Waals surface area (Å²) >= 11 is 1.52. The van der Waals surface area contributed by atoms with Gasteiger partial charge in [-0.15, -0.1) is 11.3 Å². The van der Waals surface area contributed by atoms with Gasteiger partial charge in [-0.1, -0.05) is 6.07 Å². The molecule has 1 aromatic carbocycles. The Morgan fingerprint density at radius 2 is 2.06 bits per heavy atom. The van der Waals surface area contributed by atoms with Crippen LogP contribution in [0.2, 0.25) is 0 Å². The van der Waals surface area contributed by atoms with Crippen LogP contribution in [0, 0.1) is 6.92 Å². The quantitative estimate of drug-likeness (QED) is 0.345. The zero-order chi connectivity index (χ0) is 23.0. The summed E-state index contributed by atoms with van der Waals surface area (Å²) < 4.78 is 4.98. The lowest BCUT2D eigenvalue weighted by Crippen LogP contribution is -2.08. The van der Waals surface area contributed by atoms with E-state index < -0.39 is 0 Å². The molecule has 168 valence electrons. The molecule has 0 aliphatic carbocycles. The fourth-order valence-electron chi connectivity index (χ4n) is 3.13. The standard InChI is InChI=1S/C24H24N6O2S/c1-3-32-23(31)12-19-15-33-22(28-19)14-27-18-7-6-16(2)21(11-18)30-24-26-10-8-20(29-24)17-5-4-9-25-13-17/h4-11,13,15,27H,3,12,14H2,1-2H3,(H,26,29,30). The fourth-order valence-corrected chi connectivity index (χ4v) is 3.86. The second kappa shape index (κ2) is 10.6. The maximum Gasteiger partial charge on any atom is 0.311 e. The molecular weight excluding hydrogens is 436 g/mol. The van der Waals surface area contributed by atoms with Crippen molar-refractivity contribution in [2.75, 3.05) is 17.2 Å². The molecule has 3 heterocycles. The van der Waals surface area contributed by atoms with Gasteiger partial charge in [-0.3, -0.25) is 9.78 Å². The highest BCUT2D eigenvalue weighted by atomic mass is 32.1. The number of carbonyl (C=O) groups is 1. The molecule has 0 saturated heterocycles. The second-order valence-electron chi connectivity index (χ2n) is 7.23. The van der Waals surface area contributed by atoms with Crippen molar-refractivity contribution in [3.8, 4) is 11.3 Å². The molecule has 8 nitrogen and oxygen atoms in total. The van der Waals surface area contributed by atoms with Crippen LogP contribution in [-0.4, -0.2) is 32.5 Å². The molecular formula is C24H24N6O2S. The topological polar surface area (TPSA) is 102 Å². The number of esters is 1. The summed E-state index contributed by atoms with van der Waals surface area (Å²) in [4.78, 5) is 29.3. The van der Waals surface area contributed by atoms with E-state index in [1.807, 2.05) is 48.7 Å². The summed E-state index contributed by atoms with van der Waals surface area (Å²) in [7, 11) is 0. The number of pyridine rings is 1. The first-order valence-electron chi connectivity index (χ1n) is 10.5. The summed E-state index contributed by atoms with van der Waals surface area (Å²) in [6.45, 7) is 4.76. The fraction of sp³-hybridized carbons (Fsp3) is 0.208. The minimum absolute atomic E-state index is 0.195. The average molecular weight is 461 g/mol. The van der Waals surface area contributed by atoms with E-state index in [4.69, 9.17) is 4.74 Å². The lowest BCUT2D eigenvalue weighted by atomic mass is 10.2.